The molecular formula is C28H28FN5O. The van der Waals surface area contributed by atoms with Crippen LogP contribution in [-0.2, 0) is 0 Å². The smallest absolute Gasteiger partial charge is 0.252 e. The summed E-state index contributed by atoms with van der Waals surface area (Å²) in [6.45, 7) is 4.84. The molecule has 0 aliphatic carbocycles. The molecule has 0 radical (unpaired) electrons. The van der Waals surface area contributed by atoms with Gasteiger partial charge in [0, 0.05) is 56.1 Å². The van der Waals surface area contributed by atoms with Crippen LogP contribution in [0.3, 0.4) is 0 Å². The Hall–Kier alpha value is -3.84. The van der Waals surface area contributed by atoms with Crippen LogP contribution in [0.4, 0.5) is 10.1 Å². The molecule has 7 heteroatoms. The van der Waals surface area contributed by atoms with E-state index in [2.05, 4.69) is 20.1 Å². The van der Waals surface area contributed by atoms with Gasteiger partial charge < -0.3 is 10.2 Å². The minimum Gasteiger partial charge on any atom is -0.367 e. The van der Waals surface area contributed by atoms with Gasteiger partial charge in [-0.05, 0) is 49.4 Å². The number of para-hydroxylation sites is 2. The molecule has 0 bridgehead atoms. The molecule has 0 spiro atoms. The van der Waals surface area contributed by atoms with Gasteiger partial charge in [-0.25, -0.2) is 9.37 Å². The zero-order valence-corrected chi connectivity index (χ0v) is 19.5. The monoisotopic (exact) mass is 469 g/mol. The highest BCUT2D eigenvalue weighted by Crippen LogP contribution is 2.24. The van der Waals surface area contributed by atoms with Crippen LogP contribution in [0.25, 0.3) is 22.2 Å². The Bertz CT molecular complexity index is 1310. The Kier molecular flexibility index (Phi) is 6.95. The first kappa shape index (κ1) is 22.9. The van der Waals surface area contributed by atoms with Gasteiger partial charge in [0.05, 0.1) is 22.5 Å². The van der Waals surface area contributed by atoms with Crippen LogP contribution in [0.2, 0.25) is 0 Å². The van der Waals surface area contributed by atoms with Crippen molar-refractivity contribution in [3.05, 3.63) is 90.5 Å². The molecule has 2 aromatic carbocycles. The predicted molar refractivity (Wildman–Crippen MR) is 137 cm³/mol. The number of rotatable bonds is 7. The first-order valence-electron chi connectivity index (χ1n) is 12.0. The fourth-order valence-electron chi connectivity index (χ4n) is 4.55. The van der Waals surface area contributed by atoms with E-state index < -0.39 is 0 Å². The lowest BCUT2D eigenvalue weighted by atomic mass is 10.0. The van der Waals surface area contributed by atoms with Gasteiger partial charge in [-0.2, -0.15) is 0 Å². The van der Waals surface area contributed by atoms with E-state index in [4.69, 9.17) is 4.98 Å². The largest absolute Gasteiger partial charge is 0.367 e. The topological polar surface area (TPSA) is 61.4 Å². The van der Waals surface area contributed by atoms with E-state index in [1.165, 1.54) is 6.07 Å². The summed E-state index contributed by atoms with van der Waals surface area (Å²) in [5.74, 6) is -0.267. The normalized spacial score (nSPS) is 14.3. The third-order valence-electron chi connectivity index (χ3n) is 6.42. The zero-order chi connectivity index (χ0) is 24.0. The summed E-state index contributed by atoms with van der Waals surface area (Å²) in [5.41, 5.74) is 3.69. The first-order valence-corrected chi connectivity index (χ1v) is 12.0. The number of nitrogens with zero attached hydrogens (tertiary/aromatic N) is 4. The summed E-state index contributed by atoms with van der Waals surface area (Å²) in [4.78, 5) is 26.5. The van der Waals surface area contributed by atoms with Crippen molar-refractivity contribution in [1.82, 2.24) is 20.2 Å². The third-order valence-corrected chi connectivity index (χ3v) is 6.42. The molecule has 3 heterocycles. The highest BCUT2D eigenvalue weighted by atomic mass is 19.1. The maximum absolute atomic E-state index is 14.1. The van der Waals surface area contributed by atoms with Crippen molar-refractivity contribution < 1.29 is 9.18 Å². The van der Waals surface area contributed by atoms with Crippen LogP contribution < -0.4 is 10.2 Å². The van der Waals surface area contributed by atoms with Crippen LogP contribution in [0.15, 0.2) is 79.1 Å². The lowest BCUT2D eigenvalue weighted by molar-refractivity contribution is 0.0953. The number of benzene rings is 2. The second-order valence-electron chi connectivity index (χ2n) is 8.70. The molecule has 178 valence electrons. The lowest BCUT2D eigenvalue weighted by Crippen LogP contribution is -2.47. The van der Waals surface area contributed by atoms with Crippen molar-refractivity contribution in [2.75, 3.05) is 44.2 Å². The summed E-state index contributed by atoms with van der Waals surface area (Å²) >= 11 is 0. The molecule has 1 amide bonds. The molecule has 0 atom stereocenters. The van der Waals surface area contributed by atoms with Gasteiger partial charge in [-0.3, -0.25) is 14.7 Å². The number of hydrogen-bond donors (Lipinski definition) is 1. The number of carbonyl (C=O) groups excluding carboxylic acids is 1. The summed E-state index contributed by atoms with van der Waals surface area (Å²) in [6.07, 6.45) is 4.33. The molecule has 35 heavy (non-hydrogen) atoms. The Morgan fingerprint density at radius 3 is 2.57 bits per heavy atom. The molecule has 5 rings (SSSR count). The standard InChI is InChI=1S/C28H28FN5O/c29-24-9-2-4-11-27(24)34-17-15-33(16-18-34)14-6-13-31-28(35)23-19-26(21-7-5-12-30-20-21)32-25-10-3-1-8-22(23)25/h1-5,7-12,19-20H,6,13-18H2,(H,31,35). The van der Waals surface area contributed by atoms with Gasteiger partial charge in [0.2, 0.25) is 0 Å². The summed E-state index contributed by atoms with van der Waals surface area (Å²) in [7, 11) is 0. The van der Waals surface area contributed by atoms with Crippen molar-refractivity contribution >= 4 is 22.5 Å². The van der Waals surface area contributed by atoms with Crippen LogP contribution in [-0.4, -0.2) is 60.0 Å². The highest BCUT2D eigenvalue weighted by molar-refractivity contribution is 6.07. The summed E-state index contributed by atoms with van der Waals surface area (Å²) in [6, 6.07) is 20.3. The molecule has 4 aromatic rings. The van der Waals surface area contributed by atoms with Crippen molar-refractivity contribution in [3.63, 3.8) is 0 Å². The van der Waals surface area contributed by atoms with E-state index in [1.54, 1.807) is 18.5 Å². The van der Waals surface area contributed by atoms with Crippen molar-refractivity contribution in [2.45, 2.75) is 6.42 Å². The predicted octanol–water partition coefficient (Wildman–Crippen LogP) is 4.38. The average molecular weight is 470 g/mol. The molecule has 0 unspecified atom stereocenters. The number of fused-ring (bicyclic) bond motifs is 1. The van der Waals surface area contributed by atoms with Crippen molar-refractivity contribution in [2.24, 2.45) is 0 Å². The van der Waals surface area contributed by atoms with Crippen LogP contribution >= 0.6 is 0 Å². The van der Waals surface area contributed by atoms with E-state index in [0.717, 1.165) is 61.3 Å². The minimum atomic E-state index is -0.168. The van der Waals surface area contributed by atoms with Gasteiger partial charge in [-0.1, -0.05) is 30.3 Å². The van der Waals surface area contributed by atoms with Gasteiger partial charge in [0.1, 0.15) is 5.82 Å². The van der Waals surface area contributed by atoms with E-state index in [-0.39, 0.29) is 11.7 Å². The molecule has 1 saturated heterocycles. The number of hydrogen-bond acceptors (Lipinski definition) is 5. The first-order chi connectivity index (χ1) is 17.2. The molecule has 0 saturated carbocycles. The number of carbonyl (C=O) groups is 1. The Morgan fingerprint density at radius 1 is 0.971 bits per heavy atom. The number of pyridine rings is 2. The lowest BCUT2D eigenvalue weighted by Gasteiger charge is -2.36. The number of amides is 1. The molecule has 1 N–H and O–H groups in total. The molecular weight excluding hydrogens is 441 g/mol. The van der Waals surface area contributed by atoms with Gasteiger partial charge in [0.25, 0.3) is 5.91 Å². The Balaban J connectivity index is 1.17. The van der Waals surface area contributed by atoms with Gasteiger partial charge in [-0.15, -0.1) is 0 Å². The Morgan fingerprint density at radius 2 is 1.77 bits per heavy atom. The highest BCUT2D eigenvalue weighted by Gasteiger charge is 2.19. The van der Waals surface area contributed by atoms with Crippen LogP contribution in [0, 0.1) is 5.82 Å². The van der Waals surface area contributed by atoms with E-state index in [9.17, 15) is 9.18 Å². The second-order valence-corrected chi connectivity index (χ2v) is 8.70. The average Bonchev–Trinajstić information content (AvgIpc) is 2.91. The van der Waals surface area contributed by atoms with Crippen LogP contribution in [0.5, 0.6) is 0 Å². The SMILES string of the molecule is O=C(NCCCN1CCN(c2ccccc2F)CC1)c1cc(-c2cccnc2)nc2ccccc12. The molecule has 1 aliphatic heterocycles. The summed E-state index contributed by atoms with van der Waals surface area (Å²) in [5, 5.41) is 3.92. The third kappa shape index (κ3) is 5.30. The fourth-order valence-corrected chi connectivity index (χ4v) is 4.55. The summed E-state index contributed by atoms with van der Waals surface area (Å²) < 4.78 is 14.1. The molecule has 1 fully saturated rings. The maximum atomic E-state index is 14.1. The number of piperazine rings is 1. The quantitative estimate of drug-likeness (QED) is 0.407. The number of halogens is 1. The van der Waals surface area contributed by atoms with Crippen molar-refractivity contribution in [3.8, 4) is 11.3 Å². The molecule has 6 nitrogen and oxygen atoms in total. The van der Waals surface area contributed by atoms with Gasteiger partial charge in [0.15, 0.2) is 0 Å². The van der Waals surface area contributed by atoms with E-state index in [0.29, 0.717) is 17.8 Å². The van der Waals surface area contributed by atoms with E-state index >= 15 is 0 Å². The fraction of sp³-hybridized carbons (Fsp3) is 0.250. The molecule has 1 aliphatic rings. The van der Waals surface area contributed by atoms with E-state index in [1.807, 2.05) is 54.6 Å². The van der Waals surface area contributed by atoms with Gasteiger partial charge >= 0.3 is 0 Å². The van der Waals surface area contributed by atoms with Crippen molar-refractivity contribution in [1.29, 1.82) is 0 Å². The zero-order valence-electron chi connectivity index (χ0n) is 19.5. The second kappa shape index (κ2) is 10.6. The minimum absolute atomic E-state index is 0.0990. The Labute approximate surface area is 204 Å². The number of aromatic nitrogens is 2. The van der Waals surface area contributed by atoms with Crippen LogP contribution in [0.1, 0.15) is 16.8 Å². The number of nitrogens with one attached hydrogen (secondary N) is 1. The molecule has 2 aromatic heterocycles. The maximum Gasteiger partial charge on any atom is 0.252 e. The number of anilines is 1.